The van der Waals surface area contributed by atoms with Gasteiger partial charge in [-0.2, -0.15) is 0 Å². The van der Waals surface area contributed by atoms with E-state index in [9.17, 15) is 0 Å². The van der Waals surface area contributed by atoms with Crippen molar-refractivity contribution >= 4 is 35.6 Å². The Hall–Kier alpha value is -2.40. The molecule has 9 heteroatoms. The second-order valence-corrected chi connectivity index (χ2v) is 8.33. The average Bonchev–Trinajstić information content (AvgIpc) is 3.28. The summed E-state index contributed by atoms with van der Waals surface area (Å²) in [5.74, 6) is 2.66. The molecule has 1 aliphatic rings. The molecule has 2 aromatic heterocycles. The molecule has 0 saturated carbocycles. The maximum Gasteiger partial charge on any atom is 0.191 e. The Morgan fingerprint density at radius 1 is 1.06 bits per heavy atom. The maximum atomic E-state index is 5.35. The van der Waals surface area contributed by atoms with E-state index in [-0.39, 0.29) is 30.0 Å². The molecule has 0 amide bonds. The Bertz CT molecular complexity index is 1030. The molecule has 3 heterocycles. The van der Waals surface area contributed by atoms with Crippen LogP contribution in [-0.4, -0.2) is 65.3 Å². The zero-order valence-corrected chi connectivity index (χ0v) is 22.4. The van der Waals surface area contributed by atoms with Crippen LogP contribution in [0.15, 0.2) is 53.7 Å². The van der Waals surface area contributed by atoms with Crippen molar-refractivity contribution in [1.29, 1.82) is 0 Å². The number of ether oxygens (including phenoxy) is 1. The number of piperidine rings is 1. The highest BCUT2D eigenvalue weighted by Crippen LogP contribution is 2.26. The Balaban J connectivity index is 0.00000324. The summed E-state index contributed by atoms with van der Waals surface area (Å²) in [7, 11) is 1.71. The molecule has 1 saturated heterocycles. The van der Waals surface area contributed by atoms with Gasteiger partial charge in [0.05, 0.1) is 19.7 Å². The Labute approximate surface area is 219 Å². The molecule has 1 unspecified atom stereocenters. The number of guanidine groups is 1. The lowest BCUT2D eigenvalue weighted by molar-refractivity contribution is 0.167. The number of halogens is 1. The van der Waals surface area contributed by atoms with E-state index in [1.54, 1.807) is 7.11 Å². The normalized spacial score (nSPS) is 15.5. The van der Waals surface area contributed by atoms with E-state index < -0.39 is 0 Å². The van der Waals surface area contributed by atoms with Gasteiger partial charge < -0.3 is 15.4 Å². The summed E-state index contributed by atoms with van der Waals surface area (Å²) in [4.78, 5) is 7.54. The minimum Gasteiger partial charge on any atom is -0.497 e. The third kappa shape index (κ3) is 6.82. The van der Waals surface area contributed by atoms with Gasteiger partial charge in [0.25, 0.3) is 0 Å². The van der Waals surface area contributed by atoms with E-state index in [1.807, 2.05) is 40.9 Å². The maximum absolute atomic E-state index is 5.35. The minimum atomic E-state index is 0. The number of nitrogens with one attached hydrogen (secondary N) is 2. The van der Waals surface area contributed by atoms with Gasteiger partial charge in [0.2, 0.25) is 0 Å². The van der Waals surface area contributed by atoms with Crippen molar-refractivity contribution in [3.05, 3.63) is 60.0 Å². The van der Waals surface area contributed by atoms with Gasteiger partial charge in [-0.05, 0) is 62.7 Å². The topological polar surface area (TPSA) is 79.1 Å². The van der Waals surface area contributed by atoms with Crippen molar-refractivity contribution < 1.29 is 4.74 Å². The highest BCUT2D eigenvalue weighted by molar-refractivity contribution is 14.0. The molecule has 1 atom stereocenters. The van der Waals surface area contributed by atoms with E-state index in [1.165, 1.54) is 24.8 Å². The summed E-state index contributed by atoms with van der Waals surface area (Å²) in [6, 6.07) is 14.6. The van der Waals surface area contributed by atoms with Crippen LogP contribution in [0, 0.1) is 0 Å². The number of aromatic nitrogens is 3. The number of methoxy groups -OCH3 is 1. The van der Waals surface area contributed by atoms with Gasteiger partial charge >= 0.3 is 0 Å². The first-order valence-corrected chi connectivity index (χ1v) is 12.0. The van der Waals surface area contributed by atoms with Crippen LogP contribution in [0.25, 0.3) is 5.65 Å². The molecule has 0 bridgehead atoms. The third-order valence-electron chi connectivity index (χ3n) is 6.12. The van der Waals surface area contributed by atoms with E-state index >= 15 is 0 Å². The molecule has 34 heavy (non-hydrogen) atoms. The highest BCUT2D eigenvalue weighted by atomic mass is 127. The summed E-state index contributed by atoms with van der Waals surface area (Å²) >= 11 is 0. The van der Waals surface area contributed by atoms with E-state index in [2.05, 4.69) is 44.8 Å². The van der Waals surface area contributed by atoms with Gasteiger partial charge in [-0.3, -0.25) is 14.3 Å². The van der Waals surface area contributed by atoms with Gasteiger partial charge in [-0.15, -0.1) is 34.2 Å². The van der Waals surface area contributed by atoms with Crippen LogP contribution in [0.5, 0.6) is 5.75 Å². The molecule has 2 N–H and O–H groups in total. The van der Waals surface area contributed by atoms with Crippen LogP contribution < -0.4 is 15.4 Å². The monoisotopic (exact) mass is 577 g/mol. The first-order chi connectivity index (χ1) is 16.3. The summed E-state index contributed by atoms with van der Waals surface area (Å²) in [5.41, 5.74) is 2.16. The van der Waals surface area contributed by atoms with Crippen LogP contribution in [0.2, 0.25) is 0 Å². The van der Waals surface area contributed by atoms with Gasteiger partial charge in [0.15, 0.2) is 11.6 Å². The Morgan fingerprint density at radius 2 is 1.85 bits per heavy atom. The number of hydrogen-bond acceptors (Lipinski definition) is 5. The van der Waals surface area contributed by atoms with Crippen LogP contribution in [0.1, 0.15) is 43.6 Å². The third-order valence-corrected chi connectivity index (χ3v) is 6.12. The lowest BCUT2D eigenvalue weighted by Gasteiger charge is -2.34. The van der Waals surface area contributed by atoms with Gasteiger partial charge in [0, 0.05) is 25.7 Å². The van der Waals surface area contributed by atoms with Gasteiger partial charge in [-0.1, -0.05) is 24.6 Å². The van der Waals surface area contributed by atoms with E-state index in [0.717, 1.165) is 55.8 Å². The number of benzene rings is 1. The number of likely N-dealkylation sites (tertiary alicyclic amines) is 1. The molecule has 1 aromatic carbocycles. The van der Waals surface area contributed by atoms with Crippen molar-refractivity contribution in [3.8, 4) is 5.75 Å². The summed E-state index contributed by atoms with van der Waals surface area (Å²) < 4.78 is 7.38. The second kappa shape index (κ2) is 13.5. The molecule has 8 nitrogen and oxygen atoms in total. The fraction of sp³-hybridized carbons (Fsp3) is 0.480. The molecule has 3 aromatic rings. The van der Waals surface area contributed by atoms with Gasteiger partial charge in [-0.25, -0.2) is 0 Å². The van der Waals surface area contributed by atoms with Crippen LogP contribution in [-0.2, 0) is 6.42 Å². The molecule has 0 aliphatic carbocycles. The minimum absolute atomic E-state index is 0. The molecule has 0 spiro atoms. The number of rotatable bonds is 9. The number of aliphatic imine (C=N–C) groups is 1. The molecule has 1 fully saturated rings. The quantitative estimate of drug-likeness (QED) is 0.230. The smallest absolute Gasteiger partial charge is 0.191 e. The molecule has 1 aliphatic heterocycles. The first-order valence-electron chi connectivity index (χ1n) is 12.0. The molecular formula is C25H36IN7O. The fourth-order valence-electron chi connectivity index (χ4n) is 4.36. The molecule has 4 rings (SSSR count). The van der Waals surface area contributed by atoms with Crippen molar-refractivity contribution in [3.63, 3.8) is 0 Å². The predicted molar refractivity (Wildman–Crippen MR) is 147 cm³/mol. The van der Waals surface area contributed by atoms with Crippen molar-refractivity contribution in [2.24, 2.45) is 4.99 Å². The first kappa shape index (κ1) is 26.2. The molecule has 0 radical (unpaired) electrons. The molecular weight excluding hydrogens is 541 g/mol. The van der Waals surface area contributed by atoms with E-state index in [0.29, 0.717) is 6.54 Å². The zero-order chi connectivity index (χ0) is 22.9. The second-order valence-electron chi connectivity index (χ2n) is 8.33. The fourth-order valence-corrected chi connectivity index (χ4v) is 4.36. The van der Waals surface area contributed by atoms with Crippen LogP contribution >= 0.6 is 24.0 Å². The zero-order valence-electron chi connectivity index (χ0n) is 20.1. The number of pyridine rings is 1. The molecule has 184 valence electrons. The standard InChI is InChI=1S/C25H35N7O.HI/c1-3-26-25(27-15-14-24-30-29-23-9-5-8-18-32(23)24)28-19-22(31-16-6-4-7-17-31)20-10-12-21(33-2)13-11-20;/h5,8-13,18,22H,3-4,6-7,14-17,19H2,1-2H3,(H2,26,27,28);1H. The largest absolute Gasteiger partial charge is 0.497 e. The average molecular weight is 578 g/mol. The van der Waals surface area contributed by atoms with Gasteiger partial charge in [0.1, 0.15) is 11.6 Å². The summed E-state index contributed by atoms with van der Waals surface area (Å²) in [5, 5.41) is 15.4. The van der Waals surface area contributed by atoms with Crippen LogP contribution in [0.3, 0.4) is 0 Å². The Morgan fingerprint density at radius 3 is 2.59 bits per heavy atom. The lowest BCUT2D eigenvalue weighted by atomic mass is 10.0. The van der Waals surface area contributed by atoms with Crippen molar-refractivity contribution in [2.45, 2.75) is 38.6 Å². The lowest BCUT2D eigenvalue weighted by Crippen LogP contribution is -2.40. The predicted octanol–water partition coefficient (Wildman–Crippen LogP) is 3.68. The van der Waals surface area contributed by atoms with E-state index in [4.69, 9.17) is 9.73 Å². The van der Waals surface area contributed by atoms with Crippen molar-refractivity contribution in [1.82, 2.24) is 30.1 Å². The SMILES string of the molecule is CCNC(=NCC(c1ccc(OC)cc1)N1CCCCC1)NCCc1nnc2ccccn12.I. The Kier molecular flexibility index (Phi) is 10.4. The highest BCUT2D eigenvalue weighted by Gasteiger charge is 2.22. The number of hydrogen-bond donors (Lipinski definition) is 2. The summed E-state index contributed by atoms with van der Waals surface area (Å²) in [6.45, 7) is 6.59. The van der Waals surface area contributed by atoms with Crippen molar-refractivity contribution in [2.75, 3.05) is 39.8 Å². The number of fused-ring (bicyclic) bond motifs is 1. The summed E-state index contributed by atoms with van der Waals surface area (Å²) in [6.07, 6.45) is 6.59. The number of nitrogens with zero attached hydrogens (tertiary/aromatic N) is 5. The van der Waals surface area contributed by atoms with Crippen LogP contribution in [0.4, 0.5) is 0 Å².